The Morgan fingerprint density at radius 1 is 1.38 bits per heavy atom. The highest BCUT2D eigenvalue weighted by atomic mass is 79.9. The van der Waals surface area contributed by atoms with Crippen LogP contribution in [0.5, 0.6) is 0 Å². The van der Waals surface area contributed by atoms with Crippen LogP contribution in [0, 0.1) is 0 Å². The maximum atomic E-state index is 12.1. The maximum absolute atomic E-state index is 12.1. The van der Waals surface area contributed by atoms with E-state index in [4.69, 9.17) is 0 Å². The molecule has 1 aromatic carbocycles. The fourth-order valence-corrected chi connectivity index (χ4v) is 2.21. The van der Waals surface area contributed by atoms with Gasteiger partial charge in [-0.15, -0.1) is 0 Å². The summed E-state index contributed by atoms with van der Waals surface area (Å²) in [5.74, 6) is 0.116. The zero-order valence-corrected chi connectivity index (χ0v) is 11.1. The Labute approximate surface area is 104 Å². The molecular weight excluding hydrogens is 268 g/mol. The standard InChI is InChI=1S/C12H15BrN2O/c1-14(2)9-7-15(8-9)12(16)10-5-3-4-6-11(10)13/h3-6,9H,7-8H2,1-2H3. The number of hydrogen-bond donors (Lipinski definition) is 0. The maximum Gasteiger partial charge on any atom is 0.255 e. The zero-order valence-electron chi connectivity index (χ0n) is 9.48. The van der Waals surface area contributed by atoms with Crippen LogP contribution in [-0.2, 0) is 0 Å². The molecule has 0 aromatic heterocycles. The minimum absolute atomic E-state index is 0.116. The van der Waals surface area contributed by atoms with Gasteiger partial charge in [-0.1, -0.05) is 12.1 Å². The van der Waals surface area contributed by atoms with Crippen LogP contribution in [-0.4, -0.2) is 48.9 Å². The topological polar surface area (TPSA) is 23.6 Å². The number of halogens is 1. The van der Waals surface area contributed by atoms with Crippen molar-refractivity contribution < 1.29 is 4.79 Å². The van der Waals surface area contributed by atoms with E-state index in [9.17, 15) is 4.79 Å². The number of rotatable bonds is 2. The zero-order chi connectivity index (χ0) is 11.7. The van der Waals surface area contributed by atoms with Crippen LogP contribution in [0.25, 0.3) is 0 Å². The number of amides is 1. The SMILES string of the molecule is CN(C)C1CN(C(=O)c2ccccc2Br)C1. The van der Waals surface area contributed by atoms with Crippen molar-refractivity contribution >= 4 is 21.8 Å². The highest BCUT2D eigenvalue weighted by molar-refractivity contribution is 9.10. The summed E-state index contributed by atoms with van der Waals surface area (Å²) in [5, 5.41) is 0. The van der Waals surface area contributed by atoms with E-state index in [0.29, 0.717) is 6.04 Å². The van der Waals surface area contributed by atoms with Crippen molar-refractivity contribution in [2.24, 2.45) is 0 Å². The normalized spacial score (nSPS) is 16.4. The highest BCUT2D eigenvalue weighted by Crippen LogP contribution is 2.21. The van der Waals surface area contributed by atoms with Crippen molar-refractivity contribution in [3.05, 3.63) is 34.3 Å². The van der Waals surface area contributed by atoms with Gasteiger partial charge < -0.3 is 9.80 Å². The summed E-state index contributed by atoms with van der Waals surface area (Å²) in [6, 6.07) is 8.07. The van der Waals surface area contributed by atoms with Crippen molar-refractivity contribution in [1.82, 2.24) is 9.80 Å². The first-order chi connectivity index (χ1) is 7.59. The summed E-state index contributed by atoms with van der Waals surface area (Å²) in [4.78, 5) is 16.1. The largest absolute Gasteiger partial charge is 0.335 e. The van der Waals surface area contributed by atoms with Gasteiger partial charge >= 0.3 is 0 Å². The van der Waals surface area contributed by atoms with Gasteiger partial charge in [-0.3, -0.25) is 4.79 Å². The number of carbonyl (C=O) groups is 1. The third kappa shape index (κ3) is 2.13. The van der Waals surface area contributed by atoms with Crippen molar-refractivity contribution in [1.29, 1.82) is 0 Å². The number of likely N-dealkylation sites (N-methyl/N-ethyl adjacent to an activating group) is 1. The van der Waals surface area contributed by atoms with Crippen LogP contribution in [0.2, 0.25) is 0 Å². The lowest BCUT2D eigenvalue weighted by molar-refractivity contribution is 0.0398. The van der Waals surface area contributed by atoms with Gasteiger partial charge in [-0.25, -0.2) is 0 Å². The molecule has 0 radical (unpaired) electrons. The van der Waals surface area contributed by atoms with E-state index in [2.05, 4.69) is 20.8 Å². The van der Waals surface area contributed by atoms with Gasteiger partial charge in [0.05, 0.1) is 5.56 Å². The molecule has 4 heteroatoms. The van der Waals surface area contributed by atoms with Gasteiger partial charge in [-0.2, -0.15) is 0 Å². The summed E-state index contributed by atoms with van der Waals surface area (Å²) in [6.07, 6.45) is 0. The molecule has 86 valence electrons. The molecule has 1 amide bonds. The molecule has 1 aliphatic heterocycles. The van der Waals surface area contributed by atoms with Gasteiger partial charge in [0.2, 0.25) is 0 Å². The average molecular weight is 283 g/mol. The molecule has 0 saturated carbocycles. The third-order valence-corrected chi connectivity index (χ3v) is 3.68. The lowest BCUT2D eigenvalue weighted by Gasteiger charge is -2.42. The van der Waals surface area contributed by atoms with E-state index in [1.165, 1.54) is 0 Å². The van der Waals surface area contributed by atoms with E-state index in [1.807, 2.05) is 43.3 Å². The molecule has 0 N–H and O–H groups in total. The minimum atomic E-state index is 0.116. The Morgan fingerprint density at radius 2 is 2.00 bits per heavy atom. The quantitative estimate of drug-likeness (QED) is 0.827. The molecule has 0 bridgehead atoms. The Balaban J connectivity index is 2.03. The van der Waals surface area contributed by atoms with Gasteiger partial charge in [0.15, 0.2) is 0 Å². The summed E-state index contributed by atoms with van der Waals surface area (Å²) >= 11 is 3.40. The molecule has 0 atom stereocenters. The molecule has 2 rings (SSSR count). The second-order valence-corrected chi connectivity index (χ2v) is 5.16. The lowest BCUT2D eigenvalue weighted by atomic mass is 10.1. The Morgan fingerprint density at radius 3 is 2.56 bits per heavy atom. The van der Waals surface area contributed by atoms with E-state index < -0.39 is 0 Å². The predicted octanol–water partition coefficient (Wildman–Crippen LogP) is 1.84. The first-order valence-electron chi connectivity index (χ1n) is 5.30. The minimum Gasteiger partial charge on any atom is -0.335 e. The first kappa shape index (κ1) is 11.6. The van der Waals surface area contributed by atoms with Gasteiger partial charge in [-0.05, 0) is 42.2 Å². The highest BCUT2D eigenvalue weighted by Gasteiger charge is 2.32. The van der Waals surface area contributed by atoms with Crippen LogP contribution >= 0.6 is 15.9 Å². The van der Waals surface area contributed by atoms with Crippen LogP contribution in [0.1, 0.15) is 10.4 Å². The van der Waals surface area contributed by atoms with Crippen LogP contribution < -0.4 is 0 Å². The third-order valence-electron chi connectivity index (χ3n) is 2.98. The van der Waals surface area contributed by atoms with Gasteiger partial charge in [0, 0.05) is 23.6 Å². The number of benzene rings is 1. The molecule has 16 heavy (non-hydrogen) atoms. The first-order valence-corrected chi connectivity index (χ1v) is 6.09. The summed E-state index contributed by atoms with van der Waals surface area (Å²) < 4.78 is 0.869. The van der Waals surface area contributed by atoms with Crippen LogP contribution in [0.3, 0.4) is 0 Å². The van der Waals surface area contributed by atoms with Gasteiger partial charge in [0.1, 0.15) is 0 Å². The van der Waals surface area contributed by atoms with E-state index in [-0.39, 0.29) is 5.91 Å². The molecule has 0 spiro atoms. The second kappa shape index (κ2) is 4.55. The van der Waals surface area contributed by atoms with Crippen molar-refractivity contribution in [3.63, 3.8) is 0 Å². The fourth-order valence-electron chi connectivity index (χ4n) is 1.75. The monoisotopic (exact) mass is 282 g/mol. The van der Waals surface area contributed by atoms with Crippen molar-refractivity contribution in [2.45, 2.75) is 6.04 Å². The van der Waals surface area contributed by atoms with E-state index in [0.717, 1.165) is 23.1 Å². The molecule has 1 aliphatic rings. The Hall–Kier alpha value is -0.870. The Kier molecular flexibility index (Phi) is 3.30. The molecule has 0 aliphatic carbocycles. The van der Waals surface area contributed by atoms with Crippen molar-refractivity contribution in [2.75, 3.05) is 27.2 Å². The molecule has 3 nitrogen and oxygen atoms in total. The molecule has 0 unspecified atom stereocenters. The van der Waals surface area contributed by atoms with Gasteiger partial charge in [0.25, 0.3) is 5.91 Å². The summed E-state index contributed by atoms with van der Waals surface area (Å²) in [7, 11) is 4.09. The van der Waals surface area contributed by atoms with Crippen LogP contribution in [0.4, 0.5) is 0 Å². The van der Waals surface area contributed by atoms with E-state index in [1.54, 1.807) is 0 Å². The Bertz CT molecular complexity index is 400. The summed E-state index contributed by atoms with van der Waals surface area (Å²) in [6.45, 7) is 1.65. The average Bonchev–Trinajstić information content (AvgIpc) is 2.15. The predicted molar refractivity (Wildman–Crippen MR) is 67.5 cm³/mol. The number of likely N-dealkylation sites (tertiary alicyclic amines) is 1. The smallest absolute Gasteiger partial charge is 0.255 e. The molecule has 1 aromatic rings. The van der Waals surface area contributed by atoms with E-state index >= 15 is 0 Å². The fraction of sp³-hybridized carbons (Fsp3) is 0.417. The molecule has 1 heterocycles. The molecule has 1 fully saturated rings. The molecule has 1 saturated heterocycles. The molecular formula is C12H15BrN2O. The lowest BCUT2D eigenvalue weighted by Crippen LogP contribution is -2.59. The number of nitrogens with zero attached hydrogens (tertiary/aromatic N) is 2. The number of hydrogen-bond acceptors (Lipinski definition) is 2. The van der Waals surface area contributed by atoms with Crippen LogP contribution in [0.15, 0.2) is 28.7 Å². The second-order valence-electron chi connectivity index (χ2n) is 4.31. The summed E-state index contributed by atoms with van der Waals surface area (Å²) in [5.41, 5.74) is 0.750. The number of carbonyl (C=O) groups excluding carboxylic acids is 1. The van der Waals surface area contributed by atoms with Crippen molar-refractivity contribution in [3.8, 4) is 0 Å².